The topological polar surface area (TPSA) is 18.5 Å². The molecule has 0 atom stereocenters. The van der Waals surface area contributed by atoms with E-state index in [1.807, 2.05) is 0 Å². The molecule has 3 heteroatoms. The van der Waals surface area contributed by atoms with E-state index in [0.717, 1.165) is 11.9 Å². The highest BCUT2D eigenvalue weighted by atomic mass is 16.7. The molecule has 1 aromatic rings. The van der Waals surface area contributed by atoms with E-state index in [2.05, 4.69) is 65.8 Å². The molecule has 2 rings (SSSR count). The van der Waals surface area contributed by atoms with Gasteiger partial charge in [-0.1, -0.05) is 38.1 Å². The lowest BCUT2D eigenvalue weighted by molar-refractivity contribution is 0.00578. The maximum atomic E-state index is 6.09. The molecule has 1 fully saturated rings. The van der Waals surface area contributed by atoms with Gasteiger partial charge < -0.3 is 9.31 Å². The lowest BCUT2D eigenvalue weighted by Gasteiger charge is -2.32. The molecule has 1 saturated heterocycles. The Hall–Kier alpha value is -0.795. The molecule has 104 valence electrons. The van der Waals surface area contributed by atoms with Crippen LogP contribution in [0.1, 0.15) is 47.1 Å². The monoisotopic (exact) mass is 260 g/mol. The first-order chi connectivity index (χ1) is 8.71. The van der Waals surface area contributed by atoms with Crippen molar-refractivity contribution in [2.45, 2.75) is 59.2 Å². The molecular weight excluding hydrogens is 235 g/mol. The van der Waals surface area contributed by atoms with Crippen molar-refractivity contribution < 1.29 is 9.31 Å². The molecule has 0 amide bonds. The summed E-state index contributed by atoms with van der Waals surface area (Å²) in [5.41, 5.74) is 1.93. The zero-order valence-corrected chi connectivity index (χ0v) is 13.0. The summed E-state index contributed by atoms with van der Waals surface area (Å²) in [6.45, 7) is 12.8. The van der Waals surface area contributed by atoms with Gasteiger partial charge in [-0.2, -0.15) is 0 Å². The Morgan fingerprint density at radius 1 is 1.05 bits per heavy atom. The Balaban J connectivity index is 2.20. The Labute approximate surface area is 117 Å². The van der Waals surface area contributed by atoms with Crippen LogP contribution in [-0.4, -0.2) is 18.3 Å². The van der Waals surface area contributed by atoms with E-state index in [4.69, 9.17) is 9.31 Å². The molecule has 0 aromatic heterocycles. The van der Waals surface area contributed by atoms with E-state index in [1.54, 1.807) is 0 Å². The normalized spacial score (nSPS) is 21.1. The van der Waals surface area contributed by atoms with Gasteiger partial charge in [-0.3, -0.25) is 0 Å². The maximum Gasteiger partial charge on any atom is 0.494 e. The van der Waals surface area contributed by atoms with Gasteiger partial charge in [-0.15, -0.1) is 0 Å². The highest BCUT2D eigenvalue weighted by Gasteiger charge is 2.51. The van der Waals surface area contributed by atoms with Crippen LogP contribution in [0.3, 0.4) is 0 Å². The molecule has 0 radical (unpaired) electrons. The molecule has 0 N–H and O–H groups in total. The van der Waals surface area contributed by atoms with Crippen molar-refractivity contribution in [2.24, 2.45) is 5.92 Å². The summed E-state index contributed by atoms with van der Waals surface area (Å²) in [5.74, 6) is 0.661. The minimum absolute atomic E-state index is 0.253. The minimum atomic E-state index is -0.272. The molecule has 2 nitrogen and oxygen atoms in total. The number of hydrogen-bond donors (Lipinski definition) is 0. The molecule has 0 unspecified atom stereocenters. The highest BCUT2D eigenvalue weighted by molar-refractivity contribution is 6.62. The second-order valence-electron chi connectivity index (χ2n) is 6.93. The fourth-order valence-corrected chi connectivity index (χ4v) is 2.32. The van der Waals surface area contributed by atoms with Gasteiger partial charge >= 0.3 is 7.12 Å². The third-order valence-electron chi connectivity index (χ3n) is 4.12. The predicted octanol–water partition coefficient (Wildman–Crippen LogP) is 3.18. The van der Waals surface area contributed by atoms with Crippen LogP contribution < -0.4 is 5.46 Å². The third-order valence-corrected chi connectivity index (χ3v) is 4.12. The standard InChI is InChI=1S/C16H25BO2/c1-12(2)10-13-8-7-9-14(11-13)17-18-15(3,4)16(5,6)19-17/h7-9,11-12H,10H2,1-6H3. The quantitative estimate of drug-likeness (QED) is 0.777. The van der Waals surface area contributed by atoms with Gasteiger partial charge in [-0.25, -0.2) is 0 Å². The maximum absolute atomic E-state index is 6.09. The summed E-state index contributed by atoms with van der Waals surface area (Å²) >= 11 is 0. The van der Waals surface area contributed by atoms with Crippen LogP contribution in [0, 0.1) is 5.92 Å². The average molecular weight is 260 g/mol. The summed E-state index contributed by atoms with van der Waals surface area (Å²) < 4.78 is 12.2. The Morgan fingerprint density at radius 2 is 1.63 bits per heavy atom. The Kier molecular flexibility index (Phi) is 3.81. The minimum Gasteiger partial charge on any atom is -0.399 e. The van der Waals surface area contributed by atoms with E-state index in [-0.39, 0.29) is 18.3 Å². The zero-order valence-electron chi connectivity index (χ0n) is 13.0. The van der Waals surface area contributed by atoms with Crippen molar-refractivity contribution in [2.75, 3.05) is 0 Å². The third kappa shape index (κ3) is 3.03. The number of rotatable bonds is 3. The van der Waals surface area contributed by atoms with Crippen LogP contribution in [0.15, 0.2) is 24.3 Å². The number of hydrogen-bond acceptors (Lipinski definition) is 2. The molecule has 0 spiro atoms. The Morgan fingerprint density at radius 3 is 2.16 bits per heavy atom. The zero-order chi connectivity index (χ0) is 14.3. The molecule has 1 aromatic carbocycles. The fourth-order valence-electron chi connectivity index (χ4n) is 2.32. The molecule has 0 aliphatic carbocycles. The van der Waals surface area contributed by atoms with Gasteiger partial charge in [-0.05, 0) is 51.1 Å². The van der Waals surface area contributed by atoms with Gasteiger partial charge in [0.1, 0.15) is 0 Å². The lowest BCUT2D eigenvalue weighted by Crippen LogP contribution is -2.41. The SMILES string of the molecule is CC(C)Cc1cccc(B2OC(C)(C)C(C)(C)O2)c1. The first-order valence-corrected chi connectivity index (χ1v) is 7.16. The van der Waals surface area contributed by atoms with Crippen molar-refractivity contribution in [3.63, 3.8) is 0 Å². The van der Waals surface area contributed by atoms with E-state index >= 15 is 0 Å². The number of benzene rings is 1. The van der Waals surface area contributed by atoms with Crippen molar-refractivity contribution in [3.05, 3.63) is 29.8 Å². The van der Waals surface area contributed by atoms with Gasteiger partial charge in [0, 0.05) is 0 Å². The van der Waals surface area contributed by atoms with E-state index in [1.165, 1.54) is 5.56 Å². The van der Waals surface area contributed by atoms with Crippen LogP contribution in [-0.2, 0) is 15.7 Å². The largest absolute Gasteiger partial charge is 0.494 e. The molecule has 0 bridgehead atoms. The molecule has 1 heterocycles. The summed E-state index contributed by atoms with van der Waals surface area (Å²) in [5, 5.41) is 0. The second kappa shape index (κ2) is 4.95. The average Bonchev–Trinajstić information content (AvgIpc) is 2.47. The van der Waals surface area contributed by atoms with Crippen molar-refractivity contribution >= 4 is 12.6 Å². The van der Waals surface area contributed by atoms with Crippen molar-refractivity contribution in [1.29, 1.82) is 0 Å². The summed E-state index contributed by atoms with van der Waals surface area (Å²) in [7, 11) is -0.253. The van der Waals surface area contributed by atoms with E-state index in [0.29, 0.717) is 5.92 Å². The second-order valence-corrected chi connectivity index (χ2v) is 6.93. The predicted molar refractivity (Wildman–Crippen MR) is 80.7 cm³/mol. The molecule has 0 saturated carbocycles. The van der Waals surface area contributed by atoms with Gasteiger partial charge in [0.15, 0.2) is 0 Å². The molecule has 1 aliphatic heterocycles. The van der Waals surface area contributed by atoms with E-state index in [9.17, 15) is 0 Å². The smallest absolute Gasteiger partial charge is 0.399 e. The van der Waals surface area contributed by atoms with Gasteiger partial charge in [0.2, 0.25) is 0 Å². The van der Waals surface area contributed by atoms with Crippen LogP contribution in [0.5, 0.6) is 0 Å². The van der Waals surface area contributed by atoms with Crippen molar-refractivity contribution in [3.8, 4) is 0 Å². The lowest BCUT2D eigenvalue weighted by atomic mass is 9.78. The van der Waals surface area contributed by atoms with Crippen LogP contribution in [0.25, 0.3) is 0 Å². The molecular formula is C16H25BO2. The van der Waals surface area contributed by atoms with Crippen molar-refractivity contribution in [1.82, 2.24) is 0 Å². The van der Waals surface area contributed by atoms with Crippen LogP contribution in [0.2, 0.25) is 0 Å². The first kappa shape index (κ1) is 14.6. The summed E-state index contributed by atoms with van der Waals surface area (Å²) in [6, 6.07) is 8.57. The van der Waals surface area contributed by atoms with Gasteiger partial charge in [0.05, 0.1) is 11.2 Å². The molecule has 1 aliphatic rings. The van der Waals surface area contributed by atoms with Crippen LogP contribution in [0.4, 0.5) is 0 Å². The van der Waals surface area contributed by atoms with Crippen LogP contribution >= 0.6 is 0 Å². The first-order valence-electron chi connectivity index (χ1n) is 7.16. The fraction of sp³-hybridized carbons (Fsp3) is 0.625. The van der Waals surface area contributed by atoms with Gasteiger partial charge in [0.25, 0.3) is 0 Å². The Bertz CT molecular complexity index is 436. The molecule has 19 heavy (non-hydrogen) atoms. The highest BCUT2D eigenvalue weighted by Crippen LogP contribution is 2.36. The summed E-state index contributed by atoms with van der Waals surface area (Å²) in [4.78, 5) is 0. The summed E-state index contributed by atoms with van der Waals surface area (Å²) in [6.07, 6.45) is 1.09. The van der Waals surface area contributed by atoms with E-state index < -0.39 is 0 Å².